The Hall–Kier alpha value is -2.62. The van der Waals surface area contributed by atoms with Crippen molar-refractivity contribution in [2.45, 2.75) is 18.4 Å². The highest BCUT2D eigenvalue weighted by Crippen LogP contribution is 2.23. The molecule has 0 bridgehead atoms. The lowest BCUT2D eigenvalue weighted by Gasteiger charge is -2.07. The molecule has 0 radical (unpaired) electrons. The fourth-order valence-corrected chi connectivity index (χ4v) is 4.01. The second-order valence-corrected chi connectivity index (χ2v) is 8.04. The molecule has 3 rings (SSSR count). The predicted molar refractivity (Wildman–Crippen MR) is 100 cm³/mol. The summed E-state index contributed by atoms with van der Waals surface area (Å²) in [6, 6.07) is 9.67. The minimum atomic E-state index is -3.67. The molecule has 0 aliphatic heterocycles. The van der Waals surface area contributed by atoms with Crippen LogP contribution in [0.2, 0.25) is 0 Å². The van der Waals surface area contributed by atoms with Crippen LogP contribution in [-0.4, -0.2) is 24.3 Å². The summed E-state index contributed by atoms with van der Waals surface area (Å²) >= 11 is 1.44. The number of carbonyl (C=O) groups is 1. The maximum absolute atomic E-state index is 12.4. The number of hydrogen-bond donors (Lipinski definition) is 2. The monoisotopic (exact) mass is 388 g/mol. The normalized spacial score (nSPS) is 11.3. The van der Waals surface area contributed by atoms with Gasteiger partial charge in [-0.1, -0.05) is 0 Å². The fraction of sp³-hybridized carbons (Fsp3) is 0.118. The lowest BCUT2D eigenvalue weighted by molar-refractivity contribution is -0.114. The Kier molecular flexibility index (Phi) is 5.40. The second kappa shape index (κ2) is 7.73. The summed E-state index contributed by atoms with van der Waals surface area (Å²) in [4.78, 5) is 19.5. The number of amides is 1. The zero-order chi connectivity index (χ0) is 18.6. The van der Waals surface area contributed by atoms with Gasteiger partial charge < -0.3 is 5.32 Å². The lowest BCUT2D eigenvalue weighted by Crippen LogP contribution is -2.23. The summed E-state index contributed by atoms with van der Waals surface area (Å²) < 4.78 is 27.3. The van der Waals surface area contributed by atoms with Crippen molar-refractivity contribution in [1.82, 2.24) is 14.7 Å². The van der Waals surface area contributed by atoms with E-state index in [1.807, 2.05) is 17.5 Å². The average molecular weight is 388 g/mol. The first-order valence-corrected chi connectivity index (χ1v) is 10.0. The molecule has 0 saturated carbocycles. The number of nitrogens with one attached hydrogen (secondary N) is 2. The molecule has 0 spiro atoms. The predicted octanol–water partition coefficient (Wildman–Crippen LogP) is 2.64. The van der Waals surface area contributed by atoms with Crippen molar-refractivity contribution in [2.75, 3.05) is 5.32 Å². The van der Waals surface area contributed by atoms with E-state index >= 15 is 0 Å². The molecule has 134 valence electrons. The van der Waals surface area contributed by atoms with Gasteiger partial charge >= 0.3 is 0 Å². The van der Waals surface area contributed by atoms with Gasteiger partial charge in [-0.15, -0.1) is 11.3 Å². The third-order valence-corrected chi connectivity index (χ3v) is 5.76. The number of aromatic nitrogens is 2. The van der Waals surface area contributed by atoms with Crippen molar-refractivity contribution in [1.29, 1.82) is 0 Å². The Morgan fingerprint density at radius 3 is 2.46 bits per heavy atom. The number of pyridine rings is 1. The van der Waals surface area contributed by atoms with Crippen LogP contribution in [0.15, 0.2) is 59.1 Å². The molecule has 1 aromatic carbocycles. The van der Waals surface area contributed by atoms with Crippen LogP contribution >= 0.6 is 11.3 Å². The SMILES string of the molecule is CC(=O)Nc1ccc(S(=O)(=O)NCc2csc(-c3ccncc3)n2)cc1. The number of sulfonamides is 1. The molecule has 0 saturated heterocycles. The Morgan fingerprint density at radius 2 is 1.81 bits per heavy atom. The van der Waals surface area contributed by atoms with Crippen molar-refractivity contribution >= 4 is 33.0 Å². The van der Waals surface area contributed by atoms with Crippen LogP contribution in [0, 0.1) is 0 Å². The first-order chi connectivity index (χ1) is 12.4. The molecule has 2 aromatic heterocycles. The molecule has 0 aliphatic carbocycles. The first kappa shape index (κ1) is 18.2. The third-order valence-electron chi connectivity index (χ3n) is 3.41. The van der Waals surface area contributed by atoms with E-state index in [-0.39, 0.29) is 17.3 Å². The van der Waals surface area contributed by atoms with Crippen LogP contribution in [0.4, 0.5) is 5.69 Å². The third kappa shape index (κ3) is 4.51. The van der Waals surface area contributed by atoms with Crippen molar-refractivity contribution in [3.63, 3.8) is 0 Å². The minimum Gasteiger partial charge on any atom is -0.326 e. The van der Waals surface area contributed by atoms with E-state index in [9.17, 15) is 13.2 Å². The zero-order valence-electron chi connectivity index (χ0n) is 13.8. The van der Waals surface area contributed by atoms with E-state index in [1.54, 1.807) is 24.5 Å². The molecule has 0 aliphatic rings. The van der Waals surface area contributed by atoms with E-state index in [2.05, 4.69) is 20.0 Å². The standard InChI is InChI=1S/C17H16N4O3S2/c1-12(22)20-14-2-4-16(5-3-14)26(23,24)19-10-15-11-25-17(21-15)13-6-8-18-9-7-13/h2-9,11,19H,10H2,1H3,(H,20,22). The molecule has 26 heavy (non-hydrogen) atoms. The van der Waals surface area contributed by atoms with Gasteiger partial charge in [0.15, 0.2) is 0 Å². The highest BCUT2D eigenvalue weighted by Gasteiger charge is 2.15. The number of rotatable bonds is 6. The Balaban J connectivity index is 1.67. The van der Waals surface area contributed by atoms with Crippen LogP contribution < -0.4 is 10.0 Å². The van der Waals surface area contributed by atoms with Crippen molar-refractivity contribution in [3.05, 3.63) is 59.9 Å². The van der Waals surface area contributed by atoms with Crippen LogP contribution in [-0.2, 0) is 21.4 Å². The molecular formula is C17H16N4O3S2. The summed E-state index contributed by atoms with van der Waals surface area (Å²) in [5.74, 6) is -0.215. The van der Waals surface area contributed by atoms with Gasteiger partial charge in [-0.2, -0.15) is 0 Å². The van der Waals surface area contributed by atoms with E-state index in [4.69, 9.17) is 0 Å². The van der Waals surface area contributed by atoms with Gasteiger partial charge in [0.1, 0.15) is 5.01 Å². The fourth-order valence-electron chi connectivity index (χ4n) is 2.19. The van der Waals surface area contributed by atoms with E-state index < -0.39 is 10.0 Å². The summed E-state index contributed by atoms with van der Waals surface area (Å²) in [6.07, 6.45) is 3.37. The van der Waals surface area contributed by atoms with Gasteiger partial charge in [-0.25, -0.2) is 18.1 Å². The molecule has 0 unspecified atom stereocenters. The minimum absolute atomic E-state index is 0.0946. The van der Waals surface area contributed by atoms with Gasteiger partial charge in [-0.05, 0) is 36.4 Å². The highest BCUT2D eigenvalue weighted by atomic mass is 32.2. The topological polar surface area (TPSA) is 101 Å². The van der Waals surface area contributed by atoms with E-state index in [1.165, 1.54) is 30.4 Å². The quantitative estimate of drug-likeness (QED) is 0.676. The molecule has 0 fully saturated rings. The van der Waals surface area contributed by atoms with Gasteiger partial charge in [0.05, 0.1) is 17.1 Å². The van der Waals surface area contributed by atoms with Crippen molar-refractivity contribution in [2.24, 2.45) is 0 Å². The van der Waals surface area contributed by atoms with Crippen molar-refractivity contribution < 1.29 is 13.2 Å². The summed E-state index contributed by atoms with van der Waals surface area (Å²) in [7, 11) is -3.67. The van der Waals surface area contributed by atoms with E-state index in [0.717, 1.165) is 10.6 Å². The summed E-state index contributed by atoms with van der Waals surface area (Å²) in [6.45, 7) is 1.48. The van der Waals surface area contributed by atoms with Crippen LogP contribution in [0.25, 0.3) is 10.6 Å². The molecule has 0 atom stereocenters. The number of anilines is 1. The van der Waals surface area contributed by atoms with Crippen LogP contribution in [0.3, 0.4) is 0 Å². The number of nitrogens with zero attached hydrogens (tertiary/aromatic N) is 2. The average Bonchev–Trinajstić information content (AvgIpc) is 3.10. The number of benzene rings is 1. The highest BCUT2D eigenvalue weighted by molar-refractivity contribution is 7.89. The molecule has 2 heterocycles. The maximum Gasteiger partial charge on any atom is 0.240 e. The molecule has 9 heteroatoms. The molecule has 7 nitrogen and oxygen atoms in total. The second-order valence-electron chi connectivity index (χ2n) is 5.41. The summed E-state index contributed by atoms with van der Waals surface area (Å²) in [5.41, 5.74) is 2.12. The van der Waals surface area contributed by atoms with Gasteiger partial charge in [0.25, 0.3) is 0 Å². The maximum atomic E-state index is 12.4. The Labute approximate surface area is 155 Å². The number of carbonyl (C=O) groups excluding carboxylic acids is 1. The van der Waals surface area contributed by atoms with Crippen molar-refractivity contribution in [3.8, 4) is 10.6 Å². The van der Waals surface area contributed by atoms with Crippen LogP contribution in [0.5, 0.6) is 0 Å². The first-order valence-electron chi connectivity index (χ1n) is 7.66. The zero-order valence-corrected chi connectivity index (χ0v) is 15.5. The Morgan fingerprint density at radius 1 is 1.12 bits per heavy atom. The number of hydrogen-bond acceptors (Lipinski definition) is 6. The smallest absolute Gasteiger partial charge is 0.240 e. The Bertz CT molecular complexity index is 1000. The summed E-state index contributed by atoms with van der Waals surface area (Å²) in [5, 5.41) is 5.22. The molecular weight excluding hydrogens is 372 g/mol. The number of thiazole rings is 1. The van der Waals surface area contributed by atoms with Crippen LogP contribution in [0.1, 0.15) is 12.6 Å². The van der Waals surface area contributed by atoms with Gasteiger partial charge in [-0.3, -0.25) is 9.78 Å². The largest absolute Gasteiger partial charge is 0.326 e. The molecule has 3 aromatic rings. The molecule has 2 N–H and O–H groups in total. The molecule has 1 amide bonds. The lowest BCUT2D eigenvalue weighted by atomic mass is 10.3. The van der Waals surface area contributed by atoms with Gasteiger partial charge in [0.2, 0.25) is 15.9 Å². The van der Waals surface area contributed by atoms with Gasteiger partial charge in [0, 0.05) is 35.9 Å². The van der Waals surface area contributed by atoms with E-state index in [0.29, 0.717) is 11.4 Å².